The minimum atomic E-state index is -1.11. The molecule has 0 radical (unpaired) electrons. The molecular formula is C10H9NO3. The van der Waals surface area contributed by atoms with Crippen LogP contribution in [0.2, 0.25) is 0 Å². The summed E-state index contributed by atoms with van der Waals surface area (Å²) in [7, 11) is 0. The third kappa shape index (κ3) is 1.50. The second-order valence-corrected chi connectivity index (χ2v) is 2.93. The van der Waals surface area contributed by atoms with Crippen LogP contribution in [0.1, 0.15) is 11.7 Å². The van der Waals surface area contributed by atoms with E-state index in [1.54, 1.807) is 24.3 Å². The van der Waals surface area contributed by atoms with Crippen molar-refractivity contribution in [3.63, 3.8) is 0 Å². The second-order valence-electron chi connectivity index (χ2n) is 2.93. The predicted octanol–water partition coefficient (Wildman–Crippen LogP) is 1.01. The molecule has 1 unspecified atom stereocenters. The fourth-order valence-corrected chi connectivity index (χ4v) is 1.30. The van der Waals surface area contributed by atoms with Crippen LogP contribution in [0.3, 0.4) is 0 Å². The van der Waals surface area contributed by atoms with Crippen LogP contribution in [0, 0.1) is 11.3 Å². The molecule has 0 aromatic heterocycles. The molecule has 1 heterocycles. The smallest absolute Gasteiger partial charge is 0.166 e. The summed E-state index contributed by atoms with van der Waals surface area (Å²) in [6.45, 7) is 1.03. The highest BCUT2D eigenvalue weighted by Crippen LogP contribution is 2.32. The Morgan fingerprint density at radius 3 is 2.71 bits per heavy atom. The predicted molar refractivity (Wildman–Crippen MR) is 48.0 cm³/mol. The van der Waals surface area contributed by atoms with E-state index in [4.69, 9.17) is 14.7 Å². The molecule has 1 aromatic carbocycles. The maximum Gasteiger partial charge on any atom is 0.166 e. The first-order valence-corrected chi connectivity index (χ1v) is 4.28. The average molecular weight is 191 g/mol. The summed E-state index contributed by atoms with van der Waals surface area (Å²) in [6, 6.07) is 6.73. The fourth-order valence-electron chi connectivity index (χ4n) is 1.30. The Balaban J connectivity index is 2.34. The molecule has 0 fully saturated rings. The van der Waals surface area contributed by atoms with Crippen LogP contribution in [0.5, 0.6) is 11.5 Å². The zero-order chi connectivity index (χ0) is 9.97. The van der Waals surface area contributed by atoms with Crippen molar-refractivity contribution in [1.82, 2.24) is 0 Å². The van der Waals surface area contributed by atoms with Gasteiger partial charge in [0.05, 0.1) is 6.07 Å². The largest absolute Gasteiger partial charge is 0.486 e. The van der Waals surface area contributed by atoms with Gasteiger partial charge in [0, 0.05) is 0 Å². The molecule has 1 aliphatic rings. The van der Waals surface area contributed by atoms with Crippen molar-refractivity contribution in [2.45, 2.75) is 6.10 Å². The van der Waals surface area contributed by atoms with Crippen molar-refractivity contribution in [2.24, 2.45) is 0 Å². The third-order valence-electron chi connectivity index (χ3n) is 2.00. The number of benzene rings is 1. The van der Waals surface area contributed by atoms with Gasteiger partial charge in [-0.3, -0.25) is 0 Å². The minimum absolute atomic E-state index is 0.499. The summed E-state index contributed by atoms with van der Waals surface area (Å²) in [5.41, 5.74) is 0.525. The first kappa shape index (κ1) is 8.85. The van der Waals surface area contributed by atoms with E-state index in [0.29, 0.717) is 30.3 Å². The van der Waals surface area contributed by atoms with Gasteiger partial charge in [0.2, 0.25) is 0 Å². The van der Waals surface area contributed by atoms with Crippen LogP contribution >= 0.6 is 0 Å². The number of hydrogen-bond donors (Lipinski definition) is 1. The number of ether oxygens (including phenoxy) is 2. The molecule has 1 aromatic rings. The summed E-state index contributed by atoms with van der Waals surface area (Å²) in [5.74, 6) is 1.24. The number of rotatable bonds is 1. The number of aliphatic hydroxyl groups excluding tert-OH is 1. The zero-order valence-electron chi connectivity index (χ0n) is 7.43. The van der Waals surface area contributed by atoms with Gasteiger partial charge in [0.25, 0.3) is 0 Å². The standard InChI is InChI=1S/C10H9NO3/c11-6-8(12)7-1-2-9-10(5-7)14-4-3-13-9/h1-2,5,8,12H,3-4H2. The minimum Gasteiger partial charge on any atom is -0.486 e. The van der Waals surface area contributed by atoms with Gasteiger partial charge in [0.15, 0.2) is 17.6 Å². The molecule has 0 spiro atoms. The summed E-state index contributed by atoms with van der Waals surface area (Å²) in [6.07, 6.45) is -1.11. The molecule has 1 atom stereocenters. The maximum absolute atomic E-state index is 9.27. The van der Waals surface area contributed by atoms with E-state index in [9.17, 15) is 5.11 Å². The maximum atomic E-state index is 9.27. The van der Waals surface area contributed by atoms with Crippen LogP contribution in [-0.4, -0.2) is 18.3 Å². The molecule has 1 aliphatic heterocycles. The third-order valence-corrected chi connectivity index (χ3v) is 2.00. The highest BCUT2D eigenvalue weighted by atomic mass is 16.6. The summed E-state index contributed by atoms with van der Waals surface area (Å²) >= 11 is 0. The van der Waals surface area contributed by atoms with Crippen molar-refractivity contribution >= 4 is 0 Å². The molecule has 1 N–H and O–H groups in total. The van der Waals surface area contributed by atoms with Crippen LogP contribution in [0.25, 0.3) is 0 Å². The molecule has 72 valence electrons. The van der Waals surface area contributed by atoms with Gasteiger partial charge >= 0.3 is 0 Å². The van der Waals surface area contributed by atoms with E-state index in [0.717, 1.165) is 0 Å². The second kappa shape index (κ2) is 3.56. The Hall–Kier alpha value is -1.73. The quantitative estimate of drug-likeness (QED) is 0.673. The van der Waals surface area contributed by atoms with E-state index >= 15 is 0 Å². The van der Waals surface area contributed by atoms with Crippen molar-refractivity contribution in [2.75, 3.05) is 13.2 Å². The highest BCUT2D eigenvalue weighted by molar-refractivity contribution is 5.45. The van der Waals surface area contributed by atoms with Gasteiger partial charge in [-0.1, -0.05) is 6.07 Å². The van der Waals surface area contributed by atoms with E-state index in [-0.39, 0.29) is 0 Å². The lowest BCUT2D eigenvalue weighted by atomic mass is 10.1. The summed E-state index contributed by atoms with van der Waals surface area (Å²) in [4.78, 5) is 0. The Kier molecular flexibility index (Phi) is 2.25. The van der Waals surface area contributed by atoms with Crippen molar-refractivity contribution in [3.8, 4) is 17.6 Å². The Morgan fingerprint density at radius 1 is 1.29 bits per heavy atom. The van der Waals surface area contributed by atoms with Crippen LogP contribution in [-0.2, 0) is 0 Å². The number of hydrogen-bond acceptors (Lipinski definition) is 4. The van der Waals surface area contributed by atoms with Gasteiger partial charge in [-0.15, -0.1) is 0 Å². The van der Waals surface area contributed by atoms with Crippen LogP contribution in [0.15, 0.2) is 18.2 Å². The van der Waals surface area contributed by atoms with Gasteiger partial charge in [-0.2, -0.15) is 5.26 Å². The van der Waals surface area contributed by atoms with E-state index in [2.05, 4.69) is 0 Å². The molecule has 4 nitrogen and oxygen atoms in total. The lowest BCUT2D eigenvalue weighted by molar-refractivity contribution is 0.170. The zero-order valence-corrected chi connectivity index (χ0v) is 7.43. The van der Waals surface area contributed by atoms with E-state index in [1.807, 2.05) is 0 Å². The molecule has 0 saturated carbocycles. The average Bonchev–Trinajstić information content (AvgIpc) is 2.27. The molecular weight excluding hydrogens is 182 g/mol. The van der Waals surface area contributed by atoms with E-state index in [1.165, 1.54) is 0 Å². The van der Waals surface area contributed by atoms with Crippen LogP contribution in [0.4, 0.5) is 0 Å². The lowest BCUT2D eigenvalue weighted by Crippen LogP contribution is -2.15. The lowest BCUT2D eigenvalue weighted by Gasteiger charge is -2.18. The van der Waals surface area contributed by atoms with Crippen molar-refractivity contribution in [3.05, 3.63) is 23.8 Å². The van der Waals surface area contributed by atoms with Crippen molar-refractivity contribution < 1.29 is 14.6 Å². The Morgan fingerprint density at radius 2 is 2.00 bits per heavy atom. The SMILES string of the molecule is N#CC(O)c1ccc2c(c1)OCCO2. The monoisotopic (exact) mass is 191 g/mol. The molecule has 2 rings (SSSR count). The Labute approximate surface area is 81.3 Å². The number of nitriles is 1. The van der Waals surface area contributed by atoms with Gasteiger partial charge in [-0.25, -0.2) is 0 Å². The van der Waals surface area contributed by atoms with Crippen molar-refractivity contribution in [1.29, 1.82) is 5.26 Å². The summed E-state index contributed by atoms with van der Waals surface area (Å²) in [5, 5.41) is 17.8. The Bertz CT molecular complexity index is 383. The molecule has 0 aliphatic carbocycles. The molecule has 14 heavy (non-hydrogen) atoms. The fraction of sp³-hybridized carbons (Fsp3) is 0.300. The van der Waals surface area contributed by atoms with Gasteiger partial charge in [-0.05, 0) is 17.7 Å². The van der Waals surface area contributed by atoms with Gasteiger partial charge in [0.1, 0.15) is 13.2 Å². The molecule has 0 bridgehead atoms. The first-order chi connectivity index (χ1) is 6.81. The normalized spacial score (nSPS) is 15.7. The van der Waals surface area contributed by atoms with Gasteiger partial charge < -0.3 is 14.6 Å². The number of nitrogens with zero attached hydrogens (tertiary/aromatic N) is 1. The summed E-state index contributed by atoms with van der Waals surface area (Å²) < 4.78 is 10.6. The van der Waals surface area contributed by atoms with Crippen LogP contribution < -0.4 is 9.47 Å². The molecule has 0 amide bonds. The molecule has 0 saturated heterocycles. The number of fused-ring (bicyclic) bond motifs is 1. The number of aliphatic hydroxyl groups is 1. The molecule has 4 heteroatoms. The first-order valence-electron chi connectivity index (χ1n) is 4.28. The topological polar surface area (TPSA) is 62.5 Å². The highest BCUT2D eigenvalue weighted by Gasteiger charge is 2.14. The van der Waals surface area contributed by atoms with E-state index < -0.39 is 6.10 Å².